The summed E-state index contributed by atoms with van der Waals surface area (Å²) >= 11 is 0. The number of carbonyl (C=O) groups excluding carboxylic acids is 3. The molecule has 228 valence electrons. The largest absolute Gasteiger partial charge is 0.508 e. The zero-order valence-corrected chi connectivity index (χ0v) is 23.2. The summed E-state index contributed by atoms with van der Waals surface area (Å²) < 4.78 is 0. The number of phenolic OH excluding ortho intramolecular Hbond substituents is 1. The number of nitrogens with one attached hydrogen (secondary N) is 3. The van der Waals surface area contributed by atoms with Gasteiger partial charge in [-0.1, -0.05) is 48.9 Å². The summed E-state index contributed by atoms with van der Waals surface area (Å²) in [5.74, 6) is -4.76. The maximum Gasteiger partial charge on any atom is 0.326 e. The normalized spacial score (nSPS) is 13.7. The van der Waals surface area contributed by atoms with Gasteiger partial charge in [0.1, 0.15) is 23.9 Å². The Labute approximate surface area is 243 Å². The lowest BCUT2D eigenvalue weighted by molar-refractivity contribution is -0.143. The van der Waals surface area contributed by atoms with Gasteiger partial charge in [0.15, 0.2) is 0 Å². The van der Waals surface area contributed by atoms with Gasteiger partial charge < -0.3 is 42.7 Å². The number of unbranched alkanes of at least 4 members (excludes halogenated alkanes) is 1. The van der Waals surface area contributed by atoms with Crippen LogP contribution in [0.2, 0.25) is 0 Å². The molecule has 3 amide bonds. The fraction of sp³-hybridized carbons (Fsp3) is 0.414. The second-order valence-corrected chi connectivity index (χ2v) is 9.91. The van der Waals surface area contributed by atoms with E-state index in [0.717, 1.165) is 0 Å². The molecule has 0 aliphatic rings. The zero-order valence-electron chi connectivity index (χ0n) is 23.2. The van der Waals surface area contributed by atoms with Crippen LogP contribution in [-0.4, -0.2) is 75.7 Å². The smallest absolute Gasteiger partial charge is 0.326 e. The molecule has 0 fully saturated rings. The van der Waals surface area contributed by atoms with Crippen molar-refractivity contribution in [2.75, 3.05) is 6.54 Å². The summed E-state index contributed by atoms with van der Waals surface area (Å²) in [4.78, 5) is 62.3. The third-order valence-corrected chi connectivity index (χ3v) is 6.49. The molecule has 0 aliphatic heterocycles. The summed E-state index contributed by atoms with van der Waals surface area (Å²) in [6.07, 6.45) is 0.793. The highest BCUT2D eigenvalue weighted by Gasteiger charge is 2.31. The molecule has 0 radical (unpaired) electrons. The van der Waals surface area contributed by atoms with Crippen molar-refractivity contribution in [3.8, 4) is 5.75 Å². The molecule has 4 atom stereocenters. The molecule has 0 bridgehead atoms. The third-order valence-electron chi connectivity index (χ3n) is 6.49. The van der Waals surface area contributed by atoms with Crippen LogP contribution < -0.4 is 27.4 Å². The van der Waals surface area contributed by atoms with Crippen molar-refractivity contribution in [2.24, 2.45) is 11.5 Å². The molecule has 2 aromatic carbocycles. The Morgan fingerprint density at radius 2 is 1.21 bits per heavy atom. The summed E-state index contributed by atoms with van der Waals surface area (Å²) in [7, 11) is 0. The molecule has 10 N–H and O–H groups in total. The van der Waals surface area contributed by atoms with Gasteiger partial charge in [-0.15, -0.1) is 0 Å². The number of aliphatic carboxylic acids is 2. The highest BCUT2D eigenvalue weighted by molar-refractivity contribution is 5.94. The Morgan fingerprint density at radius 1 is 0.690 bits per heavy atom. The predicted octanol–water partition coefficient (Wildman–Crippen LogP) is 0.0375. The molecule has 0 heterocycles. The zero-order chi connectivity index (χ0) is 31.1. The summed E-state index contributed by atoms with van der Waals surface area (Å²) in [6.45, 7) is 0.449. The van der Waals surface area contributed by atoms with Crippen LogP contribution in [0.25, 0.3) is 0 Å². The molecule has 4 unspecified atom stereocenters. The van der Waals surface area contributed by atoms with E-state index in [1.165, 1.54) is 12.1 Å². The number of hydrogen-bond acceptors (Lipinski definition) is 8. The van der Waals surface area contributed by atoms with Crippen LogP contribution in [-0.2, 0) is 36.8 Å². The minimum atomic E-state index is -1.50. The van der Waals surface area contributed by atoms with Crippen molar-refractivity contribution < 1.29 is 39.3 Å². The number of carboxylic acids is 2. The Balaban J connectivity index is 2.29. The van der Waals surface area contributed by atoms with E-state index in [2.05, 4.69) is 16.0 Å². The van der Waals surface area contributed by atoms with E-state index in [4.69, 9.17) is 16.6 Å². The van der Waals surface area contributed by atoms with E-state index in [1.54, 1.807) is 42.5 Å². The van der Waals surface area contributed by atoms with Crippen molar-refractivity contribution in [3.63, 3.8) is 0 Å². The Morgan fingerprint density at radius 3 is 1.74 bits per heavy atom. The Kier molecular flexibility index (Phi) is 13.9. The van der Waals surface area contributed by atoms with Crippen molar-refractivity contribution in [3.05, 3.63) is 65.7 Å². The number of aromatic hydroxyl groups is 1. The summed E-state index contributed by atoms with van der Waals surface area (Å²) in [6, 6.07) is 9.88. The minimum Gasteiger partial charge on any atom is -0.508 e. The van der Waals surface area contributed by atoms with Crippen LogP contribution in [0.4, 0.5) is 0 Å². The minimum absolute atomic E-state index is 0.00338. The molecule has 0 aliphatic carbocycles. The molecular formula is C29H39N5O8. The van der Waals surface area contributed by atoms with Crippen molar-refractivity contribution in [1.82, 2.24) is 16.0 Å². The maximum atomic E-state index is 13.6. The van der Waals surface area contributed by atoms with Gasteiger partial charge in [-0.25, -0.2) is 4.79 Å². The second kappa shape index (κ2) is 17.4. The molecular weight excluding hydrogens is 546 g/mol. The average molecular weight is 586 g/mol. The van der Waals surface area contributed by atoms with Gasteiger partial charge in [-0.2, -0.15) is 0 Å². The first kappa shape index (κ1) is 33.7. The van der Waals surface area contributed by atoms with Crippen molar-refractivity contribution >= 4 is 29.7 Å². The van der Waals surface area contributed by atoms with Gasteiger partial charge in [0.2, 0.25) is 17.7 Å². The van der Waals surface area contributed by atoms with Crippen LogP contribution in [0, 0.1) is 0 Å². The number of nitrogens with two attached hydrogens (primary N) is 2. The Bertz CT molecular complexity index is 1190. The van der Waals surface area contributed by atoms with Crippen LogP contribution in [0.5, 0.6) is 5.75 Å². The highest BCUT2D eigenvalue weighted by Crippen LogP contribution is 2.13. The summed E-state index contributed by atoms with van der Waals surface area (Å²) in [5, 5.41) is 35.7. The number of hydrogen-bond donors (Lipinski definition) is 8. The molecule has 42 heavy (non-hydrogen) atoms. The number of amides is 3. The number of benzene rings is 2. The topological polar surface area (TPSA) is 234 Å². The SMILES string of the molecule is NCCCCC(N)C(=O)NC(Cc1ccc(O)cc1)C(=O)NC(Cc1ccccc1)C(=O)NC(CCC(=O)O)C(=O)O. The van der Waals surface area contributed by atoms with Crippen LogP contribution in [0.3, 0.4) is 0 Å². The molecule has 0 saturated carbocycles. The van der Waals surface area contributed by atoms with Crippen LogP contribution in [0.1, 0.15) is 43.2 Å². The lowest BCUT2D eigenvalue weighted by Crippen LogP contribution is -2.58. The van der Waals surface area contributed by atoms with Crippen molar-refractivity contribution in [2.45, 2.75) is 69.1 Å². The lowest BCUT2D eigenvalue weighted by atomic mass is 10.0. The van der Waals surface area contributed by atoms with E-state index in [0.29, 0.717) is 36.9 Å². The third kappa shape index (κ3) is 11.9. The molecule has 2 aromatic rings. The quantitative estimate of drug-likeness (QED) is 0.109. The second-order valence-electron chi connectivity index (χ2n) is 9.91. The van der Waals surface area contributed by atoms with Gasteiger partial charge in [0.25, 0.3) is 0 Å². The first-order valence-electron chi connectivity index (χ1n) is 13.6. The molecule has 13 heteroatoms. The molecule has 0 saturated heterocycles. The first-order chi connectivity index (χ1) is 20.0. The average Bonchev–Trinajstić information content (AvgIpc) is 2.95. The fourth-order valence-electron chi connectivity index (χ4n) is 4.12. The van der Waals surface area contributed by atoms with Crippen LogP contribution >= 0.6 is 0 Å². The van der Waals surface area contributed by atoms with Gasteiger partial charge in [0.05, 0.1) is 6.04 Å². The lowest BCUT2D eigenvalue weighted by Gasteiger charge is -2.25. The van der Waals surface area contributed by atoms with E-state index < -0.39 is 60.2 Å². The Hall–Kier alpha value is -4.49. The number of carboxylic acid groups (broad SMARTS) is 2. The fourth-order valence-corrected chi connectivity index (χ4v) is 4.12. The van der Waals surface area contributed by atoms with E-state index in [-0.39, 0.29) is 25.0 Å². The van der Waals surface area contributed by atoms with Crippen molar-refractivity contribution in [1.29, 1.82) is 0 Å². The standard InChI is InChI=1S/C29H39N5O8/c30-15-5-4-8-21(31)26(38)33-23(17-19-9-11-20(35)12-10-19)28(40)34-24(16-18-6-2-1-3-7-18)27(39)32-22(29(41)42)13-14-25(36)37/h1-3,6-7,9-12,21-24,35H,4-5,8,13-17,30-31H2,(H,32,39)(H,33,38)(H,34,40)(H,36,37)(H,41,42). The van der Waals surface area contributed by atoms with Gasteiger partial charge in [-0.3, -0.25) is 19.2 Å². The summed E-state index contributed by atoms with van der Waals surface area (Å²) in [5.41, 5.74) is 12.8. The van der Waals surface area contributed by atoms with Gasteiger partial charge in [-0.05, 0) is 49.1 Å². The monoisotopic (exact) mass is 585 g/mol. The number of rotatable bonds is 18. The maximum absolute atomic E-state index is 13.6. The van der Waals surface area contributed by atoms with Crippen LogP contribution in [0.15, 0.2) is 54.6 Å². The molecule has 0 spiro atoms. The predicted molar refractivity (Wildman–Crippen MR) is 153 cm³/mol. The number of phenols is 1. The molecule has 0 aromatic heterocycles. The van der Waals surface area contributed by atoms with Gasteiger partial charge in [0, 0.05) is 19.3 Å². The molecule has 13 nitrogen and oxygen atoms in total. The van der Waals surface area contributed by atoms with E-state index in [9.17, 15) is 34.2 Å². The van der Waals surface area contributed by atoms with E-state index >= 15 is 0 Å². The number of carbonyl (C=O) groups is 5. The highest BCUT2D eigenvalue weighted by atomic mass is 16.4. The van der Waals surface area contributed by atoms with E-state index in [1.807, 2.05) is 0 Å². The first-order valence-corrected chi connectivity index (χ1v) is 13.6. The van der Waals surface area contributed by atoms with Gasteiger partial charge >= 0.3 is 11.9 Å². The molecule has 2 rings (SSSR count).